The van der Waals surface area contributed by atoms with Crippen molar-refractivity contribution in [3.63, 3.8) is 0 Å². The molecule has 21 heavy (non-hydrogen) atoms. The van der Waals surface area contributed by atoms with Gasteiger partial charge in [-0.1, -0.05) is 49.6 Å². The molecule has 3 rings (SSSR count). The third-order valence-corrected chi connectivity index (χ3v) is 6.50. The Morgan fingerprint density at radius 3 is 2.57 bits per heavy atom. The van der Waals surface area contributed by atoms with Gasteiger partial charge in [-0.2, -0.15) is 11.8 Å². The van der Waals surface area contributed by atoms with Crippen molar-refractivity contribution in [1.29, 1.82) is 0 Å². The topological polar surface area (TPSA) is 12.0 Å². The maximum absolute atomic E-state index is 4.06. The lowest BCUT2D eigenvalue weighted by atomic mass is 9.79. The van der Waals surface area contributed by atoms with Gasteiger partial charge in [-0.25, -0.2) is 0 Å². The molecule has 4 unspecified atom stereocenters. The van der Waals surface area contributed by atoms with Crippen LogP contribution in [0.3, 0.4) is 0 Å². The molecule has 2 aliphatic rings. The Labute approximate surface area is 134 Å². The van der Waals surface area contributed by atoms with Crippen LogP contribution in [0.5, 0.6) is 0 Å². The van der Waals surface area contributed by atoms with Gasteiger partial charge in [-0.15, -0.1) is 0 Å². The molecule has 0 saturated heterocycles. The first-order chi connectivity index (χ1) is 10.4. The van der Waals surface area contributed by atoms with Gasteiger partial charge < -0.3 is 5.32 Å². The first-order valence-electron chi connectivity index (χ1n) is 8.70. The fourth-order valence-corrected chi connectivity index (χ4v) is 5.07. The Hall–Kier alpha value is -0.470. The summed E-state index contributed by atoms with van der Waals surface area (Å²) >= 11 is 2.07. The van der Waals surface area contributed by atoms with Crippen molar-refractivity contribution in [3.05, 3.63) is 35.9 Å². The van der Waals surface area contributed by atoms with Crippen LogP contribution in [0.2, 0.25) is 0 Å². The molecule has 1 N–H and O–H groups in total. The Morgan fingerprint density at radius 2 is 1.76 bits per heavy atom. The van der Waals surface area contributed by atoms with Gasteiger partial charge in [0.25, 0.3) is 0 Å². The summed E-state index contributed by atoms with van der Waals surface area (Å²) in [6.07, 6.45) is 13.4. The number of thioether (sulfide) groups is 1. The predicted octanol–water partition coefficient (Wildman–Crippen LogP) is 4.98. The Kier molecular flexibility index (Phi) is 5.65. The molecule has 116 valence electrons. The van der Waals surface area contributed by atoms with Crippen molar-refractivity contribution in [2.45, 2.75) is 74.6 Å². The molecule has 0 bridgehead atoms. The van der Waals surface area contributed by atoms with E-state index in [1.807, 2.05) is 0 Å². The van der Waals surface area contributed by atoms with Crippen molar-refractivity contribution in [3.8, 4) is 0 Å². The molecule has 0 heterocycles. The molecule has 2 heteroatoms. The zero-order valence-electron chi connectivity index (χ0n) is 13.3. The summed E-state index contributed by atoms with van der Waals surface area (Å²) in [7, 11) is 0. The minimum atomic E-state index is 0.701. The number of benzene rings is 1. The fraction of sp³-hybridized carbons (Fsp3) is 0.684. The lowest BCUT2D eigenvalue weighted by molar-refractivity contribution is 0.268. The van der Waals surface area contributed by atoms with Crippen LogP contribution < -0.4 is 5.32 Å². The first kappa shape index (κ1) is 15.4. The highest BCUT2D eigenvalue weighted by atomic mass is 32.2. The molecule has 0 amide bonds. The molecule has 0 spiro atoms. The van der Waals surface area contributed by atoms with Gasteiger partial charge in [-0.05, 0) is 49.8 Å². The first-order valence-corrected chi connectivity index (χ1v) is 9.99. The van der Waals surface area contributed by atoms with E-state index in [0.717, 1.165) is 17.2 Å². The summed E-state index contributed by atoms with van der Waals surface area (Å²) in [4.78, 5) is 0. The van der Waals surface area contributed by atoms with Gasteiger partial charge >= 0.3 is 0 Å². The average molecular weight is 304 g/mol. The minimum absolute atomic E-state index is 0.701. The van der Waals surface area contributed by atoms with Crippen molar-refractivity contribution in [2.75, 3.05) is 6.26 Å². The summed E-state index contributed by atoms with van der Waals surface area (Å²) in [5.41, 5.74) is 1.55. The molecule has 0 aromatic heterocycles. The summed E-state index contributed by atoms with van der Waals surface area (Å²) < 4.78 is 0. The van der Waals surface area contributed by atoms with Crippen molar-refractivity contribution in [2.24, 2.45) is 0 Å². The molecule has 0 aliphatic heterocycles. The molecule has 1 nitrogen and oxygen atoms in total. The van der Waals surface area contributed by atoms with E-state index in [-0.39, 0.29) is 0 Å². The summed E-state index contributed by atoms with van der Waals surface area (Å²) in [5.74, 6) is 0.731. The largest absolute Gasteiger partial charge is 0.311 e. The molecule has 2 fully saturated rings. The minimum Gasteiger partial charge on any atom is -0.311 e. The van der Waals surface area contributed by atoms with Crippen LogP contribution in [0, 0.1) is 0 Å². The zero-order chi connectivity index (χ0) is 14.5. The average Bonchev–Trinajstić information content (AvgIpc) is 2.56. The lowest BCUT2D eigenvalue weighted by Crippen LogP contribution is -2.45. The van der Waals surface area contributed by atoms with E-state index in [0.29, 0.717) is 6.04 Å². The van der Waals surface area contributed by atoms with Crippen molar-refractivity contribution in [1.82, 2.24) is 5.32 Å². The number of hydrogen-bond acceptors (Lipinski definition) is 2. The van der Waals surface area contributed by atoms with E-state index in [4.69, 9.17) is 0 Å². The second-order valence-electron chi connectivity index (χ2n) is 6.80. The zero-order valence-corrected chi connectivity index (χ0v) is 14.1. The Morgan fingerprint density at radius 1 is 0.952 bits per heavy atom. The van der Waals surface area contributed by atoms with Crippen molar-refractivity contribution >= 4 is 11.8 Å². The number of hydrogen-bond donors (Lipinski definition) is 1. The quantitative estimate of drug-likeness (QED) is 0.842. The van der Waals surface area contributed by atoms with Gasteiger partial charge in [-0.3, -0.25) is 0 Å². The second kappa shape index (κ2) is 7.69. The number of nitrogens with one attached hydrogen (secondary N) is 1. The monoisotopic (exact) mass is 303 g/mol. The highest BCUT2D eigenvalue weighted by Crippen LogP contribution is 2.35. The molecule has 4 atom stereocenters. The van der Waals surface area contributed by atoms with E-state index in [2.05, 4.69) is 53.7 Å². The summed E-state index contributed by atoms with van der Waals surface area (Å²) in [6.45, 7) is 0. The molecule has 0 radical (unpaired) electrons. The van der Waals surface area contributed by atoms with Gasteiger partial charge in [0, 0.05) is 17.3 Å². The van der Waals surface area contributed by atoms with Gasteiger partial charge in [0.1, 0.15) is 0 Å². The molecular weight excluding hydrogens is 274 g/mol. The standard InChI is InChI=1S/C19H29NS/c1-21-17-11-7-10-16(14-17)20-19-13-6-5-12-18(19)15-8-3-2-4-9-15/h2-4,8-9,16-20H,5-7,10-14H2,1H3. The van der Waals surface area contributed by atoms with Crippen LogP contribution >= 0.6 is 11.8 Å². The van der Waals surface area contributed by atoms with Crippen LogP contribution in [-0.2, 0) is 0 Å². The van der Waals surface area contributed by atoms with E-state index in [1.54, 1.807) is 5.56 Å². The van der Waals surface area contributed by atoms with E-state index in [9.17, 15) is 0 Å². The van der Waals surface area contributed by atoms with E-state index >= 15 is 0 Å². The summed E-state index contributed by atoms with van der Waals surface area (Å²) in [5, 5.41) is 4.94. The van der Waals surface area contributed by atoms with E-state index < -0.39 is 0 Å². The van der Waals surface area contributed by atoms with Crippen LogP contribution in [-0.4, -0.2) is 23.6 Å². The fourth-order valence-electron chi connectivity index (χ4n) is 4.24. The maximum Gasteiger partial charge on any atom is 0.0138 e. The smallest absolute Gasteiger partial charge is 0.0138 e. The Bertz CT molecular complexity index is 419. The molecular formula is C19H29NS. The molecule has 2 saturated carbocycles. The second-order valence-corrected chi connectivity index (χ2v) is 7.93. The SMILES string of the molecule is CSC1CCCC(NC2CCCCC2c2ccccc2)C1. The van der Waals surface area contributed by atoms with E-state index in [1.165, 1.54) is 51.4 Å². The third-order valence-electron chi connectivity index (χ3n) is 5.40. The van der Waals surface area contributed by atoms with Crippen LogP contribution in [0.1, 0.15) is 62.8 Å². The van der Waals surface area contributed by atoms with Crippen LogP contribution in [0.4, 0.5) is 0 Å². The maximum atomic E-state index is 4.06. The highest BCUT2D eigenvalue weighted by molar-refractivity contribution is 7.99. The van der Waals surface area contributed by atoms with Crippen LogP contribution in [0.15, 0.2) is 30.3 Å². The van der Waals surface area contributed by atoms with Gasteiger partial charge in [0.05, 0.1) is 0 Å². The van der Waals surface area contributed by atoms with Gasteiger partial charge in [0.15, 0.2) is 0 Å². The molecule has 2 aliphatic carbocycles. The normalized spacial score (nSPS) is 33.8. The predicted molar refractivity (Wildman–Crippen MR) is 94.1 cm³/mol. The Balaban J connectivity index is 1.64. The number of rotatable bonds is 4. The van der Waals surface area contributed by atoms with Gasteiger partial charge in [0.2, 0.25) is 0 Å². The molecule has 1 aromatic rings. The van der Waals surface area contributed by atoms with Crippen LogP contribution in [0.25, 0.3) is 0 Å². The van der Waals surface area contributed by atoms with Crippen molar-refractivity contribution < 1.29 is 0 Å². The molecule has 1 aromatic carbocycles. The highest BCUT2D eigenvalue weighted by Gasteiger charge is 2.30. The lowest BCUT2D eigenvalue weighted by Gasteiger charge is -2.38. The summed E-state index contributed by atoms with van der Waals surface area (Å²) in [6, 6.07) is 12.7. The third kappa shape index (κ3) is 4.04.